The molecule has 8 heteroatoms. The fourth-order valence-corrected chi connectivity index (χ4v) is 2.11. The predicted molar refractivity (Wildman–Crippen MR) is 88.2 cm³/mol. The molecule has 0 aliphatic heterocycles. The van der Waals surface area contributed by atoms with E-state index < -0.39 is 23.4 Å². The number of rotatable bonds is 7. The van der Waals surface area contributed by atoms with Gasteiger partial charge in [0.2, 0.25) is 0 Å². The van der Waals surface area contributed by atoms with E-state index in [0.29, 0.717) is 5.75 Å². The largest absolute Gasteiger partial charge is 0.496 e. The van der Waals surface area contributed by atoms with Crippen LogP contribution in [0, 0.1) is 10.1 Å². The summed E-state index contributed by atoms with van der Waals surface area (Å²) >= 11 is 0. The zero-order chi connectivity index (χ0) is 18.2. The van der Waals surface area contributed by atoms with E-state index >= 15 is 0 Å². The van der Waals surface area contributed by atoms with Gasteiger partial charge in [0.15, 0.2) is 6.61 Å². The molecule has 1 N–H and O–H groups in total. The number of nitrogens with one attached hydrogen (secondary N) is 1. The number of nitrogens with zero attached hydrogens (tertiary/aromatic N) is 1. The van der Waals surface area contributed by atoms with Crippen molar-refractivity contribution in [2.75, 3.05) is 13.7 Å². The van der Waals surface area contributed by atoms with Crippen molar-refractivity contribution in [1.29, 1.82) is 0 Å². The van der Waals surface area contributed by atoms with Crippen molar-refractivity contribution in [3.05, 3.63) is 69.8 Å². The van der Waals surface area contributed by atoms with Gasteiger partial charge < -0.3 is 14.8 Å². The second kappa shape index (κ2) is 8.44. The molecule has 0 unspecified atom stereocenters. The first-order chi connectivity index (χ1) is 12.0. The van der Waals surface area contributed by atoms with Crippen molar-refractivity contribution in [1.82, 2.24) is 5.32 Å². The molecule has 0 fully saturated rings. The molecule has 0 atom stereocenters. The van der Waals surface area contributed by atoms with Gasteiger partial charge in [-0.15, -0.1) is 0 Å². The summed E-state index contributed by atoms with van der Waals surface area (Å²) in [6, 6.07) is 12.5. The van der Waals surface area contributed by atoms with E-state index in [-0.39, 0.29) is 17.8 Å². The number of amides is 1. The molecule has 0 aliphatic rings. The van der Waals surface area contributed by atoms with Crippen molar-refractivity contribution in [3.8, 4) is 5.75 Å². The van der Waals surface area contributed by atoms with Gasteiger partial charge in [0.05, 0.1) is 12.0 Å². The van der Waals surface area contributed by atoms with Crippen molar-refractivity contribution in [3.63, 3.8) is 0 Å². The van der Waals surface area contributed by atoms with Gasteiger partial charge >= 0.3 is 5.97 Å². The molecule has 0 aliphatic carbocycles. The Morgan fingerprint density at radius 1 is 1.12 bits per heavy atom. The molecule has 2 aromatic rings. The summed E-state index contributed by atoms with van der Waals surface area (Å²) < 4.78 is 10.0. The van der Waals surface area contributed by atoms with Crippen molar-refractivity contribution < 1.29 is 24.0 Å². The van der Waals surface area contributed by atoms with Gasteiger partial charge in [-0.05, 0) is 12.1 Å². The Kier molecular flexibility index (Phi) is 6.05. The number of methoxy groups -OCH3 is 1. The van der Waals surface area contributed by atoms with Gasteiger partial charge in [0.1, 0.15) is 11.3 Å². The topological polar surface area (TPSA) is 108 Å². The quantitative estimate of drug-likeness (QED) is 0.468. The second-order valence-corrected chi connectivity index (χ2v) is 4.94. The summed E-state index contributed by atoms with van der Waals surface area (Å²) in [6.07, 6.45) is 0. The molecular weight excluding hydrogens is 328 g/mol. The fraction of sp³-hybridized carbons (Fsp3) is 0.176. The molecule has 8 nitrogen and oxygen atoms in total. The molecule has 0 saturated heterocycles. The molecule has 0 heterocycles. The van der Waals surface area contributed by atoms with Gasteiger partial charge in [-0.3, -0.25) is 14.9 Å². The first kappa shape index (κ1) is 17.9. The van der Waals surface area contributed by atoms with Crippen LogP contribution < -0.4 is 10.1 Å². The number of para-hydroxylation sites is 2. The number of hydrogen-bond acceptors (Lipinski definition) is 6. The minimum Gasteiger partial charge on any atom is -0.496 e. The molecule has 0 saturated carbocycles. The molecule has 2 rings (SSSR count). The third-order valence-electron chi connectivity index (χ3n) is 3.32. The van der Waals surface area contributed by atoms with E-state index in [0.717, 1.165) is 5.56 Å². The van der Waals surface area contributed by atoms with Gasteiger partial charge in [0.25, 0.3) is 11.6 Å². The number of nitro groups is 1. The van der Waals surface area contributed by atoms with E-state index in [1.807, 2.05) is 0 Å². The lowest BCUT2D eigenvalue weighted by Crippen LogP contribution is -2.28. The normalized spacial score (nSPS) is 9.96. The molecule has 0 spiro atoms. The van der Waals surface area contributed by atoms with Crippen LogP contribution in [0.15, 0.2) is 48.5 Å². The van der Waals surface area contributed by atoms with Gasteiger partial charge in [-0.1, -0.05) is 30.3 Å². The molecule has 2 aromatic carbocycles. The Morgan fingerprint density at radius 3 is 2.52 bits per heavy atom. The lowest BCUT2D eigenvalue weighted by atomic mass is 10.2. The Labute approximate surface area is 143 Å². The van der Waals surface area contributed by atoms with E-state index in [4.69, 9.17) is 9.47 Å². The second-order valence-electron chi connectivity index (χ2n) is 4.94. The Hall–Kier alpha value is -3.42. The summed E-state index contributed by atoms with van der Waals surface area (Å²) in [4.78, 5) is 33.9. The lowest BCUT2D eigenvalue weighted by Gasteiger charge is -2.10. The molecule has 130 valence electrons. The molecule has 0 bridgehead atoms. The first-order valence-corrected chi connectivity index (χ1v) is 7.32. The summed E-state index contributed by atoms with van der Waals surface area (Å²) in [5.41, 5.74) is 0.190. The monoisotopic (exact) mass is 344 g/mol. The zero-order valence-electron chi connectivity index (χ0n) is 13.4. The van der Waals surface area contributed by atoms with Crippen LogP contribution in [0.4, 0.5) is 5.69 Å². The highest BCUT2D eigenvalue weighted by molar-refractivity contribution is 5.95. The summed E-state index contributed by atoms with van der Waals surface area (Å²) in [5.74, 6) is -0.836. The predicted octanol–water partition coefficient (Wildman–Crippen LogP) is 2.08. The summed E-state index contributed by atoms with van der Waals surface area (Å²) in [7, 11) is 1.52. The van der Waals surface area contributed by atoms with Crippen LogP contribution in [0.1, 0.15) is 15.9 Å². The van der Waals surface area contributed by atoms with Crippen molar-refractivity contribution in [2.24, 2.45) is 0 Å². The number of benzene rings is 2. The molecule has 25 heavy (non-hydrogen) atoms. The average molecular weight is 344 g/mol. The highest BCUT2D eigenvalue weighted by Gasteiger charge is 2.21. The van der Waals surface area contributed by atoms with Crippen LogP contribution in [-0.2, 0) is 16.1 Å². The van der Waals surface area contributed by atoms with Crippen molar-refractivity contribution >= 4 is 17.6 Å². The Bertz CT molecular complexity index is 790. The number of hydrogen-bond donors (Lipinski definition) is 1. The highest BCUT2D eigenvalue weighted by Crippen LogP contribution is 2.18. The van der Waals surface area contributed by atoms with E-state index in [1.54, 1.807) is 24.3 Å². The van der Waals surface area contributed by atoms with Crippen LogP contribution in [0.25, 0.3) is 0 Å². The number of nitro benzene ring substituents is 1. The van der Waals surface area contributed by atoms with Crippen LogP contribution in [-0.4, -0.2) is 30.5 Å². The van der Waals surface area contributed by atoms with Gasteiger partial charge in [-0.25, -0.2) is 4.79 Å². The number of carbonyl (C=O) groups excluding carboxylic acids is 2. The first-order valence-electron chi connectivity index (χ1n) is 7.32. The Morgan fingerprint density at radius 2 is 1.80 bits per heavy atom. The molecule has 1 amide bonds. The minimum atomic E-state index is -0.931. The summed E-state index contributed by atoms with van der Waals surface area (Å²) in [6.45, 7) is -0.341. The standard InChI is InChI=1S/C17H16N2O6/c1-24-15-9-5-2-6-12(15)10-18-16(20)11-25-17(21)13-7-3-4-8-14(13)19(22)23/h2-9H,10-11H2,1H3,(H,18,20). The summed E-state index contributed by atoms with van der Waals surface area (Å²) in [5, 5.41) is 13.5. The van der Waals surface area contributed by atoms with Crippen LogP contribution in [0.5, 0.6) is 5.75 Å². The third kappa shape index (κ3) is 4.77. The average Bonchev–Trinajstić information content (AvgIpc) is 2.64. The fourth-order valence-electron chi connectivity index (χ4n) is 2.11. The van der Waals surface area contributed by atoms with Crippen molar-refractivity contribution in [2.45, 2.75) is 6.54 Å². The van der Waals surface area contributed by atoms with Crippen LogP contribution in [0.3, 0.4) is 0 Å². The van der Waals surface area contributed by atoms with E-state index in [1.165, 1.54) is 31.4 Å². The maximum Gasteiger partial charge on any atom is 0.345 e. The third-order valence-corrected chi connectivity index (χ3v) is 3.32. The van der Waals surface area contributed by atoms with E-state index in [2.05, 4.69) is 5.32 Å². The number of ether oxygens (including phenoxy) is 2. The van der Waals surface area contributed by atoms with E-state index in [9.17, 15) is 19.7 Å². The number of carbonyl (C=O) groups is 2. The number of esters is 1. The SMILES string of the molecule is COc1ccccc1CNC(=O)COC(=O)c1ccccc1[N+](=O)[O-]. The molecule has 0 radical (unpaired) electrons. The highest BCUT2D eigenvalue weighted by atomic mass is 16.6. The molecular formula is C17H16N2O6. The molecule has 0 aromatic heterocycles. The van der Waals surface area contributed by atoms with Crippen LogP contribution >= 0.6 is 0 Å². The maximum absolute atomic E-state index is 11.9. The van der Waals surface area contributed by atoms with Gasteiger partial charge in [-0.2, -0.15) is 0 Å². The maximum atomic E-state index is 11.9. The van der Waals surface area contributed by atoms with Gasteiger partial charge in [0, 0.05) is 18.2 Å². The van der Waals surface area contributed by atoms with Crippen LogP contribution in [0.2, 0.25) is 0 Å². The Balaban J connectivity index is 1.90. The smallest absolute Gasteiger partial charge is 0.345 e. The lowest BCUT2D eigenvalue weighted by molar-refractivity contribution is -0.385. The zero-order valence-corrected chi connectivity index (χ0v) is 13.4. The minimum absolute atomic E-state index is 0.200.